The van der Waals surface area contributed by atoms with Crippen LogP contribution < -0.4 is 5.32 Å². The van der Waals surface area contributed by atoms with Crippen molar-refractivity contribution in [1.29, 1.82) is 0 Å². The van der Waals surface area contributed by atoms with Crippen molar-refractivity contribution < 1.29 is 4.39 Å². The zero-order valence-corrected chi connectivity index (χ0v) is 7.89. The minimum Gasteiger partial charge on any atom is -0.368 e. The smallest absolute Gasteiger partial charge is 0.165 e. The quantitative estimate of drug-likeness (QED) is 0.708. The first-order chi connectivity index (χ1) is 6.34. The molecule has 0 aromatic carbocycles. The van der Waals surface area contributed by atoms with Gasteiger partial charge in [-0.05, 0) is 18.6 Å². The van der Waals surface area contributed by atoms with E-state index in [2.05, 4.69) is 17.2 Å². The van der Waals surface area contributed by atoms with Gasteiger partial charge in [0.1, 0.15) is 0 Å². The number of unbranched alkanes of at least 4 members (excludes halogenated alkanes) is 2. The lowest BCUT2D eigenvalue weighted by Gasteiger charge is -2.04. The zero-order chi connectivity index (χ0) is 9.52. The highest BCUT2D eigenvalue weighted by molar-refractivity contribution is 5.34. The monoisotopic (exact) mass is 182 g/mol. The molecule has 1 N–H and O–H groups in total. The third-order valence-corrected chi connectivity index (χ3v) is 1.83. The van der Waals surface area contributed by atoms with Gasteiger partial charge >= 0.3 is 0 Å². The van der Waals surface area contributed by atoms with E-state index in [4.69, 9.17) is 0 Å². The van der Waals surface area contributed by atoms with Gasteiger partial charge in [-0.15, -0.1) is 0 Å². The van der Waals surface area contributed by atoms with Crippen molar-refractivity contribution in [2.45, 2.75) is 26.2 Å². The van der Waals surface area contributed by atoms with Crippen LogP contribution in [0.4, 0.5) is 10.2 Å². The Kier molecular flexibility index (Phi) is 4.23. The summed E-state index contributed by atoms with van der Waals surface area (Å²) in [5.41, 5.74) is 0. The Morgan fingerprint density at radius 1 is 1.46 bits per heavy atom. The molecule has 0 atom stereocenters. The first kappa shape index (κ1) is 9.96. The molecule has 1 rings (SSSR count). The van der Waals surface area contributed by atoms with E-state index >= 15 is 0 Å². The number of nitrogens with zero attached hydrogens (tertiary/aromatic N) is 1. The topological polar surface area (TPSA) is 24.9 Å². The van der Waals surface area contributed by atoms with Crippen molar-refractivity contribution in [3.63, 3.8) is 0 Å². The number of rotatable bonds is 5. The van der Waals surface area contributed by atoms with E-state index in [1.165, 1.54) is 18.9 Å². The van der Waals surface area contributed by atoms with E-state index in [9.17, 15) is 4.39 Å². The van der Waals surface area contributed by atoms with E-state index in [1.807, 2.05) is 0 Å². The third kappa shape index (κ3) is 3.40. The summed E-state index contributed by atoms with van der Waals surface area (Å²) in [5.74, 6) is 0.0811. The second-order valence-corrected chi connectivity index (χ2v) is 2.97. The first-order valence-corrected chi connectivity index (χ1v) is 4.69. The van der Waals surface area contributed by atoms with Gasteiger partial charge in [-0.1, -0.05) is 19.8 Å². The minimum absolute atomic E-state index is 0.279. The third-order valence-electron chi connectivity index (χ3n) is 1.83. The number of pyridine rings is 1. The van der Waals surface area contributed by atoms with Gasteiger partial charge in [-0.3, -0.25) is 0 Å². The first-order valence-electron chi connectivity index (χ1n) is 4.69. The Morgan fingerprint density at radius 2 is 2.31 bits per heavy atom. The van der Waals surface area contributed by atoms with Crippen LogP contribution in [0.25, 0.3) is 0 Å². The molecular formula is C10H15FN2. The summed E-state index contributed by atoms with van der Waals surface area (Å²) < 4.78 is 13.0. The average molecular weight is 182 g/mol. The number of hydrogen-bond donors (Lipinski definition) is 1. The van der Waals surface area contributed by atoms with E-state index in [-0.39, 0.29) is 5.82 Å². The normalized spacial score (nSPS) is 10.0. The van der Waals surface area contributed by atoms with Crippen molar-refractivity contribution in [2.24, 2.45) is 0 Å². The van der Waals surface area contributed by atoms with Crippen molar-refractivity contribution >= 4 is 5.82 Å². The highest BCUT2D eigenvalue weighted by Gasteiger charge is 1.99. The highest BCUT2D eigenvalue weighted by Crippen LogP contribution is 2.08. The van der Waals surface area contributed by atoms with Gasteiger partial charge in [0.15, 0.2) is 11.6 Å². The SMILES string of the molecule is CCCCCNc1ncccc1F. The molecule has 0 saturated carbocycles. The largest absolute Gasteiger partial charge is 0.368 e. The maximum absolute atomic E-state index is 13.0. The number of hydrogen-bond acceptors (Lipinski definition) is 2. The van der Waals surface area contributed by atoms with Crippen LogP contribution in [0.1, 0.15) is 26.2 Å². The molecule has 3 heteroatoms. The number of anilines is 1. The summed E-state index contributed by atoms with van der Waals surface area (Å²) in [5, 5.41) is 2.96. The van der Waals surface area contributed by atoms with Crippen LogP contribution in [0.2, 0.25) is 0 Å². The summed E-state index contributed by atoms with van der Waals surface area (Å²) in [6.45, 7) is 2.93. The fourth-order valence-electron chi connectivity index (χ4n) is 1.10. The van der Waals surface area contributed by atoms with Crippen LogP contribution in [0, 0.1) is 5.82 Å². The van der Waals surface area contributed by atoms with E-state index in [1.54, 1.807) is 12.3 Å². The molecule has 1 aromatic rings. The molecule has 0 bridgehead atoms. The predicted octanol–water partition coefficient (Wildman–Crippen LogP) is 2.82. The van der Waals surface area contributed by atoms with Crippen molar-refractivity contribution in [2.75, 3.05) is 11.9 Å². The Morgan fingerprint density at radius 3 is 3.00 bits per heavy atom. The minimum atomic E-state index is -0.279. The van der Waals surface area contributed by atoms with Gasteiger partial charge in [0.2, 0.25) is 0 Å². The van der Waals surface area contributed by atoms with Crippen molar-refractivity contribution in [1.82, 2.24) is 4.98 Å². The molecule has 0 unspecified atom stereocenters. The fraction of sp³-hybridized carbons (Fsp3) is 0.500. The molecule has 72 valence electrons. The van der Waals surface area contributed by atoms with Crippen molar-refractivity contribution in [3.8, 4) is 0 Å². The number of halogens is 1. The van der Waals surface area contributed by atoms with Gasteiger partial charge in [0, 0.05) is 12.7 Å². The highest BCUT2D eigenvalue weighted by atomic mass is 19.1. The molecule has 0 fully saturated rings. The van der Waals surface area contributed by atoms with Gasteiger partial charge < -0.3 is 5.32 Å². The summed E-state index contributed by atoms with van der Waals surface area (Å²) in [7, 11) is 0. The summed E-state index contributed by atoms with van der Waals surface area (Å²) in [6, 6.07) is 3.00. The standard InChI is InChI=1S/C10H15FN2/c1-2-3-4-7-12-10-9(11)6-5-8-13-10/h5-6,8H,2-4,7H2,1H3,(H,12,13). The maximum Gasteiger partial charge on any atom is 0.165 e. The van der Waals surface area contributed by atoms with E-state index < -0.39 is 0 Å². The molecule has 0 aliphatic carbocycles. The van der Waals surface area contributed by atoms with Crippen LogP contribution in [-0.2, 0) is 0 Å². The molecule has 0 radical (unpaired) electrons. The lowest BCUT2D eigenvalue weighted by Crippen LogP contribution is -2.04. The van der Waals surface area contributed by atoms with Crippen LogP contribution >= 0.6 is 0 Å². The average Bonchev–Trinajstić information content (AvgIpc) is 2.15. The predicted molar refractivity (Wildman–Crippen MR) is 52.2 cm³/mol. The Labute approximate surface area is 78.2 Å². The number of aromatic nitrogens is 1. The zero-order valence-electron chi connectivity index (χ0n) is 7.89. The molecule has 0 spiro atoms. The summed E-state index contributed by atoms with van der Waals surface area (Å²) in [4.78, 5) is 3.89. The lowest BCUT2D eigenvalue weighted by atomic mass is 10.2. The van der Waals surface area contributed by atoms with Crippen LogP contribution in [0.3, 0.4) is 0 Å². The molecular weight excluding hydrogens is 167 g/mol. The molecule has 0 saturated heterocycles. The van der Waals surface area contributed by atoms with E-state index in [0.717, 1.165) is 13.0 Å². The van der Waals surface area contributed by atoms with Crippen LogP contribution in [-0.4, -0.2) is 11.5 Å². The summed E-state index contributed by atoms with van der Waals surface area (Å²) >= 11 is 0. The van der Waals surface area contributed by atoms with Gasteiger partial charge in [-0.2, -0.15) is 0 Å². The Hall–Kier alpha value is -1.12. The molecule has 0 aliphatic rings. The molecule has 13 heavy (non-hydrogen) atoms. The van der Waals surface area contributed by atoms with Crippen LogP contribution in [0.15, 0.2) is 18.3 Å². The number of nitrogens with one attached hydrogen (secondary N) is 1. The Balaban J connectivity index is 2.32. The van der Waals surface area contributed by atoms with Crippen molar-refractivity contribution in [3.05, 3.63) is 24.1 Å². The van der Waals surface area contributed by atoms with Crippen LogP contribution in [0.5, 0.6) is 0 Å². The lowest BCUT2D eigenvalue weighted by molar-refractivity contribution is 0.622. The van der Waals surface area contributed by atoms with E-state index in [0.29, 0.717) is 5.82 Å². The second kappa shape index (κ2) is 5.51. The summed E-state index contributed by atoms with van der Waals surface area (Å²) in [6.07, 6.45) is 4.99. The van der Waals surface area contributed by atoms with Gasteiger partial charge in [0.05, 0.1) is 0 Å². The Bertz CT molecular complexity index is 250. The second-order valence-electron chi connectivity index (χ2n) is 2.97. The maximum atomic E-state index is 13.0. The molecule has 0 aliphatic heterocycles. The molecule has 1 heterocycles. The van der Waals surface area contributed by atoms with Gasteiger partial charge in [-0.25, -0.2) is 9.37 Å². The molecule has 0 amide bonds. The molecule has 2 nitrogen and oxygen atoms in total. The molecule has 1 aromatic heterocycles. The fourth-order valence-corrected chi connectivity index (χ4v) is 1.10. The van der Waals surface area contributed by atoms with Gasteiger partial charge in [0.25, 0.3) is 0 Å².